The van der Waals surface area contributed by atoms with Crippen LogP contribution in [-0.2, 0) is 18.4 Å². The van der Waals surface area contributed by atoms with Crippen LogP contribution in [0, 0.1) is 0 Å². The van der Waals surface area contributed by atoms with Gasteiger partial charge >= 0.3 is 7.82 Å². The van der Waals surface area contributed by atoms with Crippen LogP contribution in [0.25, 0.3) is 0 Å². The van der Waals surface area contributed by atoms with E-state index in [0.717, 1.165) is 96.3 Å². The third-order valence-corrected chi connectivity index (χ3v) is 17.3. The van der Waals surface area contributed by atoms with E-state index < -0.39 is 20.0 Å². The molecule has 0 fully saturated rings. The van der Waals surface area contributed by atoms with Gasteiger partial charge in [-0.15, -0.1) is 0 Å². The van der Waals surface area contributed by atoms with E-state index in [4.69, 9.17) is 9.05 Å². The van der Waals surface area contributed by atoms with Crippen LogP contribution < -0.4 is 5.32 Å². The van der Waals surface area contributed by atoms with Crippen LogP contribution in [0.5, 0.6) is 0 Å². The molecule has 1 amide bonds. The van der Waals surface area contributed by atoms with Gasteiger partial charge in [-0.3, -0.25) is 13.8 Å². The predicted octanol–water partition coefficient (Wildman–Crippen LogP) is 24.6. The number of unbranched alkanes of at least 4 members (excludes halogenated alkanes) is 35. The van der Waals surface area contributed by atoms with Crippen molar-refractivity contribution in [2.75, 3.05) is 40.9 Å². The van der Waals surface area contributed by atoms with Gasteiger partial charge in [-0.2, -0.15) is 0 Å². The lowest BCUT2D eigenvalue weighted by atomic mass is 10.0. The van der Waals surface area contributed by atoms with Gasteiger partial charge in [0.15, 0.2) is 0 Å². The largest absolute Gasteiger partial charge is 0.472 e. The van der Waals surface area contributed by atoms with Crippen molar-refractivity contribution < 1.29 is 32.9 Å². The molecule has 518 valence electrons. The maximum atomic E-state index is 13.1. The molecule has 0 bridgehead atoms. The van der Waals surface area contributed by atoms with E-state index in [1.165, 1.54) is 205 Å². The summed E-state index contributed by atoms with van der Waals surface area (Å²) in [6, 6.07) is -0.874. The number of rotatable bonds is 68. The molecule has 8 nitrogen and oxygen atoms in total. The number of phosphoric ester groups is 1. The fraction of sp³-hybridized carbons (Fsp3) is 0.716. The molecule has 0 aliphatic heterocycles. The van der Waals surface area contributed by atoms with E-state index in [1.807, 2.05) is 27.2 Å². The number of amides is 1. The molecule has 0 radical (unpaired) electrons. The highest BCUT2D eigenvalue weighted by Gasteiger charge is 2.28. The number of quaternary nitrogens is 1. The van der Waals surface area contributed by atoms with E-state index in [9.17, 15) is 19.4 Å². The van der Waals surface area contributed by atoms with Crippen LogP contribution >= 0.6 is 7.82 Å². The molecule has 3 atom stereocenters. The van der Waals surface area contributed by atoms with Crippen LogP contribution in [-0.4, -0.2) is 73.4 Å². The number of nitrogens with zero attached hydrogens (tertiary/aromatic N) is 1. The Morgan fingerprint density at radius 1 is 0.389 bits per heavy atom. The molecule has 9 heteroatoms. The number of carbonyl (C=O) groups is 1. The Hall–Kier alpha value is -3.36. The van der Waals surface area contributed by atoms with Gasteiger partial charge in [0.25, 0.3) is 0 Å². The summed E-state index contributed by atoms with van der Waals surface area (Å²) < 4.78 is 23.8. The van der Waals surface area contributed by atoms with Crippen molar-refractivity contribution in [3.8, 4) is 0 Å². The Kier molecular flexibility index (Phi) is 67.4. The SMILES string of the molecule is CC/C=C\C/C=C\C/C=C\C/C=C\C/C=C\C/C=C\C/C=C\C/C=C\C/C=C\CCCCCCCCCCCCCCCC(=O)NC(COP(=O)(O)OCC[N+](C)(C)C)C(O)/C=C/CC/C=C/CCCCCCCCCCCCCCCCCCCCCCC. The summed E-state index contributed by atoms with van der Waals surface area (Å²) in [6.07, 6.45) is 106. The number of hydrogen-bond acceptors (Lipinski definition) is 5. The van der Waals surface area contributed by atoms with Crippen LogP contribution in [0.4, 0.5) is 0 Å². The number of likely N-dealkylation sites (N-methyl/N-ethyl adjacent to an activating group) is 1. The lowest BCUT2D eigenvalue weighted by Crippen LogP contribution is -2.45. The van der Waals surface area contributed by atoms with Gasteiger partial charge in [-0.1, -0.05) is 347 Å². The highest BCUT2D eigenvalue weighted by atomic mass is 31.2. The Morgan fingerprint density at radius 3 is 1.02 bits per heavy atom. The van der Waals surface area contributed by atoms with Crippen molar-refractivity contribution in [1.82, 2.24) is 5.32 Å². The first-order chi connectivity index (χ1) is 44.0. The number of nitrogens with one attached hydrogen (secondary N) is 1. The van der Waals surface area contributed by atoms with E-state index in [0.29, 0.717) is 17.4 Å². The van der Waals surface area contributed by atoms with Gasteiger partial charge in [-0.25, -0.2) is 4.57 Å². The van der Waals surface area contributed by atoms with Gasteiger partial charge in [-0.05, 0) is 103 Å². The van der Waals surface area contributed by atoms with Crippen molar-refractivity contribution in [2.24, 2.45) is 0 Å². The number of phosphoric acid groups is 1. The van der Waals surface area contributed by atoms with Crippen molar-refractivity contribution in [1.29, 1.82) is 0 Å². The first-order valence-electron chi connectivity index (χ1n) is 37.6. The monoisotopic (exact) mass is 1270 g/mol. The zero-order valence-electron chi connectivity index (χ0n) is 59.3. The van der Waals surface area contributed by atoms with Crippen LogP contribution in [0.15, 0.2) is 134 Å². The Bertz CT molecular complexity index is 1930. The number of hydrogen-bond donors (Lipinski definition) is 3. The average Bonchev–Trinajstić information content (AvgIpc) is 3.09. The average molecular weight is 1270 g/mol. The zero-order valence-corrected chi connectivity index (χ0v) is 60.2. The van der Waals surface area contributed by atoms with Crippen LogP contribution in [0.1, 0.15) is 322 Å². The van der Waals surface area contributed by atoms with Crippen LogP contribution in [0.3, 0.4) is 0 Å². The molecule has 3 unspecified atom stereocenters. The summed E-state index contributed by atoms with van der Waals surface area (Å²) in [6.45, 7) is 4.70. The summed E-state index contributed by atoms with van der Waals surface area (Å²) in [5, 5.41) is 14.0. The smallest absolute Gasteiger partial charge is 0.387 e. The topological polar surface area (TPSA) is 105 Å². The highest BCUT2D eigenvalue weighted by Crippen LogP contribution is 2.43. The highest BCUT2D eigenvalue weighted by molar-refractivity contribution is 7.47. The molecule has 0 aromatic carbocycles. The molecular formula is C81H144N2O6P+. The molecular weight excluding hydrogens is 1130 g/mol. The first kappa shape index (κ1) is 86.6. The Balaban J connectivity index is 4.09. The van der Waals surface area contributed by atoms with Crippen molar-refractivity contribution in [3.63, 3.8) is 0 Å². The van der Waals surface area contributed by atoms with E-state index >= 15 is 0 Å². The molecule has 3 N–H and O–H groups in total. The molecule has 0 rings (SSSR count). The minimum absolute atomic E-state index is 0.0514. The van der Waals surface area contributed by atoms with Crippen molar-refractivity contribution >= 4 is 13.7 Å². The molecule has 0 saturated heterocycles. The minimum Gasteiger partial charge on any atom is -0.387 e. The molecule has 90 heavy (non-hydrogen) atoms. The van der Waals surface area contributed by atoms with Gasteiger partial charge in [0.2, 0.25) is 5.91 Å². The predicted molar refractivity (Wildman–Crippen MR) is 396 cm³/mol. The van der Waals surface area contributed by atoms with Gasteiger partial charge in [0.1, 0.15) is 13.2 Å². The lowest BCUT2D eigenvalue weighted by Gasteiger charge is -2.25. The number of aliphatic hydroxyl groups is 1. The maximum Gasteiger partial charge on any atom is 0.472 e. The van der Waals surface area contributed by atoms with Crippen molar-refractivity contribution in [2.45, 2.75) is 334 Å². The summed E-state index contributed by atoms with van der Waals surface area (Å²) in [4.78, 5) is 23.5. The number of allylic oxidation sites excluding steroid dienone is 21. The molecule has 0 aliphatic rings. The van der Waals surface area contributed by atoms with Gasteiger partial charge in [0, 0.05) is 6.42 Å². The molecule has 0 heterocycles. The van der Waals surface area contributed by atoms with Crippen molar-refractivity contribution in [3.05, 3.63) is 134 Å². The lowest BCUT2D eigenvalue weighted by molar-refractivity contribution is -0.870. The Labute approximate surface area is 557 Å². The maximum absolute atomic E-state index is 13.1. The zero-order chi connectivity index (χ0) is 65.5. The molecule has 0 saturated carbocycles. The van der Waals surface area contributed by atoms with E-state index in [1.54, 1.807) is 6.08 Å². The second-order valence-electron chi connectivity index (χ2n) is 26.3. The second-order valence-corrected chi connectivity index (χ2v) is 27.7. The van der Waals surface area contributed by atoms with Gasteiger partial charge in [0.05, 0.1) is 39.9 Å². The fourth-order valence-electron chi connectivity index (χ4n) is 10.6. The minimum atomic E-state index is -4.37. The quantitative estimate of drug-likeness (QED) is 0.0243. The van der Waals surface area contributed by atoms with E-state index in [-0.39, 0.29) is 19.1 Å². The normalized spacial score (nSPS) is 14.3. The molecule has 0 spiro atoms. The van der Waals surface area contributed by atoms with E-state index in [2.05, 4.69) is 141 Å². The summed E-state index contributed by atoms with van der Waals surface area (Å²) in [5.41, 5.74) is 0. The van der Waals surface area contributed by atoms with Crippen LogP contribution in [0.2, 0.25) is 0 Å². The summed E-state index contributed by atoms with van der Waals surface area (Å²) in [5.74, 6) is -0.189. The summed E-state index contributed by atoms with van der Waals surface area (Å²) >= 11 is 0. The summed E-state index contributed by atoms with van der Waals surface area (Å²) in [7, 11) is 1.55. The third-order valence-electron chi connectivity index (χ3n) is 16.4. The number of aliphatic hydroxyl groups excluding tert-OH is 1. The molecule has 0 aromatic rings. The molecule has 0 aliphatic carbocycles. The first-order valence-corrected chi connectivity index (χ1v) is 39.1. The second kappa shape index (κ2) is 70.0. The standard InChI is InChI=1S/C81H143N2O6P/c1-6-8-10-12-14-16-18-20-22-24-26-28-30-32-34-35-36-37-38-39-40-41-42-43-44-45-46-47-49-51-53-55-57-59-61-63-65-67-69-71-73-75-81(85)82-79(78-89-90(86,87)88-77-76-83(3,4)5)80(84)74-72-70-68-66-64-62-60-58-56-54-52-50-48-33-31-29-27-25-23-21-19-17-15-13-11-9-7-2/h8,10,14,16,20,22,26,28,32,34,36-37,39-40,42-43,45-46,64,66,72,74,79-80,84H,6-7,9,11-13,15,17-19,21,23-25,27,29-31,33,35,38,41,44,47-63,65,67-71,73,75-78H2,1-5H3,(H-,82,85,86,87)/p+1/b10-8-,16-14-,22-20-,28-26-,34-32-,37-36-,40-39-,43-42-,46-45-,66-64+,74-72+. The third kappa shape index (κ3) is 72.1. The van der Waals surface area contributed by atoms with Gasteiger partial charge < -0.3 is 19.8 Å². The Morgan fingerprint density at radius 2 is 0.678 bits per heavy atom. The molecule has 0 aromatic heterocycles. The number of carbonyl (C=O) groups excluding carboxylic acids is 1. The fourth-order valence-corrected chi connectivity index (χ4v) is 11.3.